The maximum atomic E-state index is 5.90. The Bertz CT molecular complexity index is 148. The van der Waals surface area contributed by atoms with E-state index in [0.29, 0.717) is 0 Å². The predicted molar refractivity (Wildman–Crippen MR) is 59.2 cm³/mol. The van der Waals surface area contributed by atoms with E-state index in [1.54, 1.807) is 7.11 Å². The fraction of sp³-hybridized carbons (Fsp3) is 1.00. The van der Waals surface area contributed by atoms with E-state index < -0.39 is 0 Å². The van der Waals surface area contributed by atoms with Crippen molar-refractivity contribution >= 4 is 0 Å². The Morgan fingerprint density at radius 1 is 1.43 bits per heavy atom. The van der Waals surface area contributed by atoms with Gasteiger partial charge in [-0.25, -0.2) is 0 Å². The van der Waals surface area contributed by atoms with Crippen LogP contribution < -0.4 is 11.1 Å². The second-order valence-electron chi connectivity index (χ2n) is 4.51. The fourth-order valence-electron chi connectivity index (χ4n) is 1.70. The molecule has 84 valence electrons. The minimum absolute atomic E-state index is 0.237. The average molecular weight is 200 g/mol. The molecule has 0 amide bonds. The summed E-state index contributed by atoms with van der Waals surface area (Å²) in [5, 5.41) is 3.43. The zero-order chi connectivity index (χ0) is 10.4. The van der Waals surface area contributed by atoms with E-state index >= 15 is 0 Å². The summed E-state index contributed by atoms with van der Waals surface area (Å²) in [4.78, 5) is 0. The number of ether oxygens (including phenoxy) is 1. The summed E-state index contributed by atoms with van der Waals surface area (Å²) < 4.78 is 4.98. The largest absolute Gasteiger partial charge is 0.385 e. The summed E-state index contributed by atoms with van der Waals surface area (Å²) >= 11 is 0. The molecule has 0 aromatic carbocycles. The molecule has 0 aromatic rings. The highest BCUT2D eigenvalue weighted by molar-refractivity contribution is 4.80. The first-order valence-electron chi connectivity index (χ1n) is 5.69. The van der Waals surface area contributed by atoms with Gasteiger partial charge in [-0.1, -0.05) is 6.92 Å². The van der Waals surface area contributed by atoms with Gasteiger partial charge in [-0.15, -0.1) is 0 Å². The maximum absolute atomic E-state index is 5.90. The third-order valence-corrected chi connectivity index (χ3v) is 2.99. The van der Waals surface area contributed by atoms with Gasteiger partial charge in [-0.2, -0.15) is 0 Å². The van der Waals surface area contributed by atoms with Crippen LogP contribution >= 0.6 is 0 Å². The van der Waals surface area contributed by atoms with Gasteiger partial charge in [0, 0.05) is 26.3 Å². The standard InChI is InChI=1S/C11H24N2O/c1-9(10-3-4-10)7-13-8-11(12)5-6-14-2/h9-11,13H,3-8,12H2,1-2H3. The Hall–Kier alpha value is -0.120. The van der Waals surface area contributed by atoms with Crippen LogP contribution in [0.1, 0.15) is 26.2 Å². The molecule has 0 saturated heterocycles. The van der Waals surface area contributed by atoms with E-state index in [4.69, 9.17) is 10.5 Å². The monoisotopic (exact) mass is 200 g/mol. The van der Waals surface area contributed by atoms with Crippen molar-refractivity contribution in [2.45, 2.75) is 32.2 Å². The number of methoxy groups -OCH3 is 1. The summed E-state index contributed by atoms with van der Waals surface area (Å²) in [6.45, 7) is 5.12. The lowest BCUT2D eigenvalue weighted by Crippen LogP contribution is -2.36. The lowest BCUT2D eigenvalue weighted by atomic mass is 10.1. The smallest absolute Gasteiger partial charge is 0.0477 e. The predicted octanol–water partition coefficient (Wildman–Crippen LogP) is 0.986. The fourth-order valence-corrected chi connectivity index (χ4v) is 1.70. The van der Waals surface area contributed by atoms with Gasteiger partial charge in [0.2, 0.25) is 0 Å². The summed E-state index contributed by atoms with van der Waals surface area (Å²) in [5.41, 5.74) is 5.90. The molecule has 0 aromatic heterocycles. The van der Waals surface area contributed by atoms with Crippen molar-refractivity contribution in [3.05, 3.63) is 0 Å². The van der Waals surface area contributed by atoms with Crippen molar-refractivity contribution in [3.63, 3.8) is 0 Å². The molecule has 0 spiro atoms. The summed E-state index contributed by atoms with van der Waals surface area (Å²) in [6.07, 6.45) is 3.80. The molecule has 0 heterocycles. The number of nitrogens with one attached hydrogen (secondary N) is 1. The van der Waals surface area contributed by atoms with Crippen LogP contribution in [0.5, 0.6) is 0 Å². The van der Waals surface area contributed by atoms with Crippen LogP contribution in [-0.4, -0.2) is 32.8 Å². The first-order chi connectivity index (χ1) is 6.74. The van der Waals surface area contributed by atoms with E-state index in [1.165, 1.54) is 12.8 Å². The van der Waals surface area contributed by atoms with Gasteiger partial charge in [0.1, 0.15) is 0 Å². The van der Waals surface area contributed by atoms with Crippen molar-refractivity contribution in [1.82, 2.24) is 5.32 Å². The topological polar surface area (TPSA) is 47.3 Å². The van der Waals surface area contributed by atoms with Gasteiger partial charge in [-0.05, 0) is 37.6 Å². The maximum Gasteiger partial charge on any atom is 0.0477 e. The lowest BCUT2D eigenvalue weighted by Gasteiger charge is -2.15. The van der Waals surface area contributed by atoms with E-state index in [2.05, 4.69) is 12.2 Å². The van der Waals surface area contributed by atoms with Crippen LogP contribution in [-0.2, 0) is 4.74 Å². The Balaban J connectivity index is 1.91. The Morgan fingerprint density at radius 2 is 2.14 bits per heavy atom. The van der Waals surface area contributed by atoms with E-state index in [-0.39, 0.29) is 6.04 Å². The molecule has 14 heavy (non-hydrogen) atoms. The van der Waals surface area contributed by atoms with Crippen LogP contribution in [0.25, 0.3) is 0 Å². The van der Waals surface area contributed by atoms with Crippen LogP contribution in [0.15, 0.2) is 0 Å². The van der Waals surface area contributed by atoms with Crippen molar-refractivity contribution in [1.29, 1.82) is 0 Å². The quantitative estimate of drug-likeness (QED) is 0.614. The lowest BCUT2D eigenvalue weighted by molar-refractivity contribution is 0.187. The molecule has 3 heteroatoms. The van der Waals surface area contributed by atoms with Gasteiger partial charge >= 0.3 is 0 Å². The van der Waals surface area contributed by atoms with Crippen molar-refractivity contribution in [2.75, 3.05) is 26.8 Å². The summed E-state index contributed by atoms with van der Waals surface area (Å²) in [7, 11) is 1.72. The first-order valence-corrected chi connectivity index (χ1v) is 5.69. The normalized spacial score (nSPS) is 20.8. The molecular formula is C11H24N2O. The Morgan fingerprint density at radius 3 is 2.71 bits per heavy atom. The molecular weight excluding hydrogens is 176 g/mol. The SMILES string of the molecule is COCCC(N)CNCC(C)C1CC1. The Kier molecular flexibility index (Phi) is 5.45. The number of hydrogen-bond donors (Lipinski definition) is 2. The van der Waals surface area contributed by atoms with Gasteiger partial charge in [-0.3, -0.25) is 0 Å². The molecule has 1 fully saturated rings. The van der Waals surface area contributed by atoms with Gasteiger partial charge < -0.3 is 15.8 Å². The molecule has 1 aliphatic carbocycles. The number of rotatable bonds is 8. The number of hydrogen-bond acceptors (Lipinski definition) is 3. The van der Waals surface area contributed by atoms with Crippen LogP contribution in [0.2, 0.25) is 0 Å². The molecule has 1 saturated carbocycles. The number of nitrogens with two attached hydrogens (primary N) is 1. The molecule has 3 N–H and O–H groups in total. The first kappa shape index (κ1) is 12.0. The van der Waals surface area contributed by atoms with E-state index in [1.807, 2.05) is 0 Å². The zero-order valence-electron chi connectivity index (χ0n) is 9.46. The second kappa shape index (κ2) is 6.38. The molecule has 0 radical (unpaired) electrons. The minimum Gasteiger partial charge on any atom is -0.385 e. The summed E-state index contributed by atoms with van der Waals surface area (Å²) in [6, 6.07) is 0.237. The summed E-state index contributed by atoms with van der Waals surface area (Å²) in [5.74, 6) is 1.81. The highest BCUT2D eigenvalue weighted by atomic mass is 16.5. The molecule has 2 atom stereocenters. The van der Waals surface area contributed by atoms with Gasteiger partial charge in [0.05, 0.1) is 0 Å². The van der Waals surface area contributed by atoms with Crippen LogP contribution in [0, 0.1) is 11.8 Å². The molecule has 0 bridgehead atoms. The third kappa shape index (κ3) is 4.94. The Labute approximate surface area is 87.4 Å². The molecule has 2 unspecified atom stereocenters. The zero-order valence-corrected chi connectivity index (χ0v) is 9.46. The average Bonchev–Trinajstić information content (AvgIpc) is 2.97. The second-order valence-corrected chi connectivity index (χ2v) is 4.51. The highest BCUT2D eigenvalue weighted by Gasteiger charge is 2.27. The molecule has 1 aliphatic rings. The molecule has 0 aliphatic heterocycles. The molecule has 1 rings (SSSR count). The van der Waals surface area contributed by atoms with Crippen molar-refractivity contribution in [3.8, 4) is 0 Å². The highest BCUT2D eigenvalue weighted by Crippen LogP contribution is 2.35. The van der Waals surface area contributed by atoms with E-state index in [0.717, 1.165) is 38.0 Å². The molecule has 3 nitrogen and oxygen atoms in total. The van der Waals surface area contributed by atoms with Crippen LogP contribution in [0.3, 0.4) is 0 Å². The van der Waals surface area contributed by atoms with Crippen molar-refractivity contribution < 1.29 is 4.74 Å². The van der Waals surface area contributed by atoms with Gasteiger partial charge in [0.25, 0.3) is 0 Å². The third-order valence-electron chi connectivity index (χ3n) is 2.99. The van der Waals surface area contributed by atoms with Crippen molar-refractivity contribution in [2.24, 2.45) is 17.6 Å². The van der Waals surface area contributed by atoms with Crippen LogP contribution in [0.4, 0.5) is 0 Å². The van der Waals surface area contributed by atoms with E-state index in [9.17, 15) is 0 Å². The van der Waals surface area contributed by atoms with Gasteiger partial charge in [0.15, 0.2) is 0 Å². The minimum atomic E-state index is 0.237.